The van der Waals surface area contributed by atoms with Gasteiger partial charge in [0.05, 0.1) is 27.8 Å². The number of carbonyl (C=O) groups excluding carboxylic acids is 2. The number of ketones is 1. The van der Waals surface area contributed by atoms with Crippen LogP contribution in [-0.2, 0) is 9.59 Å². The van der Waals surface area contributed by atoms with Gasteiger partial charge in [-0.1, -0.05) is 54.4 Å². The van der Waals surface area contributed by atoms with E-state index in [4.69, 9.17) is 0 Å². The summed E-state index contributed by atoms with van der Waals surface area (Å²) in [5, 5.41) is 12.3. The van der Waals surface area contributed by atoms with Crippen molar-refractivity contribution in [3.05, 3.63) is 53.6 Å². The lowest BCUT2D eigenvalue weighted by molar-refractivity contribution is -0.147. The van der Waals surface area contributed by atoms with Crippen LogP contribution >= 0.6 is 23.1 Å². The SMILES string of the molecule is Cc1ccc(C(=O)CSc2nc3ccc(NC(=O)[C@H]4CCCC[C@H]4C(=O)O)cc3s2)cc1. The Morgan fingerprint density at radius 2 is 1.81 bits per heavy atom. The number of carboxylic acid groups (broad SMARTS) is 1. The third kappa shape index (κ3) is 5.19. The Kier molecular flexibility index (Phi) is 6.91. The molecule has 1 aromatic heterocycles. The minimum atomic E-state index is -0.899. The van der Waals surface area contributed by atoms with Crippen molar-refractivity contribution in [1.82, 2.24) is 4.98 Å². The van der Waals surface area contributed by atoms with Crippen molar-refractivity contribution in [1.29, 1.82) is 0 Å². The number of hydrogen-bond acceptors (Lipinski definition) is 6. The number of carboxylic acids is 1. The van der Waals surface area contributed by atoms with Crippen molar-refractivity contribution in [3.8, 4) is 0 Å². The van der Waals surface area contributed by atoms with Gasteiger partial charge in [-0.2, -0.15) is 0 Å². The molecule has 2 atom stereocenters. The molecular weight excluding hydrogens is 444 g/mol. The Balaban J connectivity index is 1.41. The van der Waals surface area contributed by atoms with E-state index in [1.807, 2.05) is 43.3 Å². The highest BCUT2D eigenvalue weighted by Crippen LogP contribution is 2.34. The number of carbonyl (C=O) groups is 3. The summed E-state index contributed by atoms with van der Waals surface area (Å²) in [7, 11) is 0. The maximum atomic E-state index is 12.7. The molecule has 8 heteroatoms. The van der Waals surface area contributed by atoms with Gasteiger partial charge in [0.2, 0.25) is 5.91 Å². The van der Waals surface area contributed by atoms with E-state index in [-0.39, 0.29) is 11.7 Å². The third-order valence-corrected chi connectivity index (χ3v) is 7.92. The number of aliphatic carboxylic acids is 1. The van der Waals surface area contributed by atoms with Crippen LogP contribution < -0.4 is 5.32 Å². The predicted molar refractivity (Wildman–Crippen MR) is 128 cm³/mol. The van der Waals surface area contributed by atoms with E-state index in [1.54, 1.807) is 6.07 Å². The summed E-state index contributed by atoms with van der Waals surface area (Å²) in [5.74, 6) is -1.89. The van der Waals surface area contributed by atoms with Gasteiger partial charge in [-0.25, -0.2) is 4.98 Å². The molecule has 1 amide bonds. The van der Waals surface area contributed by atoms with Crippen molar-refractivity contribution < 1.29 is 19.5 Å². The first kappa shape index (κ1) is 22.5. The molecule has 1 heterocycles. The van der Waals surface area contributed by atoms with Crippen molar-refractivity contribution in [2.45, 2.75) is 36.9 Å². The lowest BCUT2D eigenvalue weighted by Gasteiger charge is -2.27. The first-order valence-electron chi connectivity index (χ1n) is 10.6. The molecule has 4 rings (SSSR count). The van der Waals surface area contributed by atoms with E-state index in [1.165, 1.54) is 23.1 Å². The number of nitrogens with one attached hydrogen (secondary N) is 1. The second-order valence-electron chi connectivity index (χ2n) is 8.07. The third-order valence-electron chi connectivity index (χ3n) is 5.76. The van der Waals surface area contributed by atoms with Gasteiger partial charge in [0, 0.05) is 11.3 Å². The monoisotopic (exact) mass is 468 g/mol. The quantitative estimate of drug-likeness (QED) is 0.356. The highest BCUT2D eigenvalue weighted by molar-refractivity contribution is 8.01. The highest BCUT2D eigenvalue weighted by Gasteiger charge is 2.35. The molecule has 1 aliphatic carbocycles. The fourth-order valence-electron chi connectivity index (χ4n) is 3.97. The number of anilines is 1. The number of aryl methyl sites for hydroxylation is 1. The van der Waals surface area contributed by atoms with Crippen LogP contribution in [0.3, 0.4) is 0 Å². The van der Waals surface area contributed by atoms with E-state index in [0.29, 0.717) is 29.8 Å². The van der Waals surface area contributed by atoms with E-state index < -0.39 is 17.8 Å². The van der Waals surface area contributed by atoms with Crippen LogP contribution in [0, 0.1) is 18.8 Å². The summed E-state index contributed by atoms with van der Waals surface area (Å²) < 4.78 is 1.70. The smallest absolute Gasteiger partial charge is 0.307 e. The summed E-state index contributed by atoms with van der Waals surface area (Å²) in [6.07, 6.45) is 2.86. The molecule has 166 valence electrons. The molecule has 1 fully saturated rings. The van der Waals surface area contributed by atoms with Gasteiger partial charge >= 0.3 is 5.97 Å². The molecule has 3 aromatic rings. The molecule has 0 aliphatic heterocycles. The lowest BCUT2D eigenvalue weighted by Crippen LogP contribution is -2.36. The zero-order chi connectivity index (χ0) is 22.7. The van der Waals surface area contributed by atoms with Gasteiger partial charge in [-0.15, -0.1) is 11.3 Å². The Morgan fingerprint density at radius 1 is 1.09 bits per heavy atom. The van der Waals surface area contributed by atoms with Gasteiger partial charge in [0.1, 0.15) is 0 Å². The van der Waals surface area contributed by atoms with Crippen LogP contribution in [0.1, 0.15) is 41.6 Å². The number of aromatic nitrogens is 1. The molecular formula is C24H24N2O4S2. The average molecular weight is 469 g/mol. The maximum absolute atomic E-state index is 12.7. The van der Waals surface area contributed by atoms with Gasteiger partial charge in [0.15, 0.2) is 10.1 Å². The number of fused-ring (bicyclic) bond motifs is 1. The van der Waals surface area contributed by atoms with E-state index in [0.717, 1.165) is 33.0 Å². The summed E-state index contributed by atoms with van der Waals surface area (Å²) in [5.41, 5.74) is 3.24. The van der Waals surface area contributed by atoms with Crippen LogP contribution in [0.2, 0.25) is 0 Å². The number of Topliss-reactive ketones (excluding diaryl/α,β-unsaturated/α-hetero) is 1. The van der Waals surface area contributed by atoms with Gasteiger partial charge < -0.3 is 10.4 Å². The van der Waals surface area contributed by atoms with Crippen LogP contribution in [0.4, 0.5) is 5.69 Å². The number of thiazole rings is 1. The normalized spacial score (nSPS) is 18.4. The molecule has 0 spiro atoms. The molecule has 0 radical (unpaired) electrons. The highest BCUT2D eigenvalue weighted by atomic mass is 32.2. The first-order chi connectivity index (χ1) is 15.4. The Labute approximate surface area is 194 Å². The number of nitrogens with zero attached hydrogens (tertiary/aromatic N) is 1. The van der Waals surface area contributed by atoms with Gasteiger partial charge in [-0.05, 0) is 38.0 Å². The maximum Gasteiger partial charge on any atom is 0.307 e. The Bertz CT molecular complexity index is 1160. The van der Waals surface area contributed by atoms with E-state index in [2.05, 4.69) is 10.3 Å². The largest absolute Gasteiger partial charge is 0.481 e. The molecule has 2 N–H and O–H groups in total. The number of benzene rings is 2. The van der Waals surface area contributed by atoms with Crippen LogP contribution in [0.25, 0.3) is 10.2 Å². The summed E-state index contributed by atoms with van der Waals surface area (Å²) in [4.78, 5) is 41.2. The lowest BCUT2D eigenvalue weighted by atomic mass is 9.78. The minimum absolute atomic E-state index is 0.0580. The fourth-order valence-corrected chi connectivity index (χ4v) is 5.97. The molecule has 6 nitrogen and oxygen atoms in total. The molecule has 32 heavy (non-hydrogen) atoms. The van der Waals surface area contributed by atoms with Crippen molar-refractivity contribution in [2.24, 2.45) is 11.8 Å². The number of amides is 1. The Hall–Kier alpha value is -2.71. The number of rotatable bonds is 7. The second-order valence-corrected chi connectivity index (χ2v) is 10.3. The topological polar surface area (TPSA) is 96.4 Å². The summed E-state index contributed by atoms with van der Waals surface area (Å²) in [6, 6.07) is 13.0. The minimum Gasteiger partial charge on any atom is -0.481 e. The fraction of sp³-hybridized carbons (Fsp3) is 0.333. The van der Waals surface area contributed by atoms with Crippen LogP contribution in [0.15, 0.2) is 46.8 Å². The predicted octanol–water partition coefficient (Wildman–Crippen LogP) is 5.41. The molecule has 2 aromatic carbocycles. The Morgan fingerprint density at radius 3 is 2.53 bits per heavy atom. The van der Waals surface area contributed by atoms with Gasteiger partial charge in [0.25, 0.3) is 0 Å². The second kappa shape index (κ2) is 9.83. The molecule has 1 aliphatic rings. The van der Waals surface area contributed by atoms with Crippen LogP contribution in [0.5, 0.6) is 0 Å². The zero-order valence-electron chi connectivity index (χ0n) is 17.7. The first-order valence-corrected chi connectivity index (χ1v) is 12.4. The molecule has 1 saturated carbocycles. The van der Waals surface area contributed by atoms with Crippen LogP contribution in [-0.4, -0.2) is 33.5 Å². The van der Waals surface area contributed by atoms with E-state index >= 15 is 0 Å². The zero-order valence-corrected chi connectivity index (χ0v) is 19.3. The standard InChI is InChI=1S/C24H24N2O4S2/c1-14-6-8-15(9-7-14)20(27)13-31-24-26-19-11-10-16(12-21(19)32-24)25-22(28)17-4-2-3-5-18(17)23(29)30/h6-12,17-18H,2-5,13H2,1H3,(H,25,28)(H,29,30)/t17-,18+/m0/s1. The van der Waals surface area contributed by atoms with E-state index in [9.17, 15) is 19.5 Å². The van der Waals surface area contributed by atoms with Crippen molar-refractivity contribution in [2.75, 3.05) is 11.1 Å². The van der Waals surface area contributed by atoms with Crippen molar-refractivity contribution in [3.63, 3.8) is 0 Å². The summed E-state index contributed by atoms with van der Waals surface area (Å²) in [6.45, 7) is 1.99. The molecule has 0 unspecified atom stereocenters. The molecule has 0 saturated heterocycles. The number of hydrogen-bond donors (Lipinski definition) is 2. The average Bonchev–Trinajstić information content (AvgIpc) is 3.20. The van der Waals surface area contributed by atoms with Crippen molar-refractivity contribution >= 4 is 56.7 Å². The summed E-state index contributed by atoms with van der Waals surface area (Å²) >= 11 is 2.88. The number of thioether (sulfide) groups is 1. The van der Waals surface area contributed by atoms with Gasteiger partial charge in [-0.3, -0.25) is 14.4 Å². The molecule has 0 bridgehead atoms.